The van der Waals surface area contributed by atoms with Crippen molar-refractivity contribution in [3.63, 3.8) is 0 Å². The summed E-state index contributed by atoms with van der Waals surface area (Å²) in [5, 5.41) is 10.9. The van der Waals surface area contributed by atoms with Crippen molar-refractivity contribution in [1.29, 1.82) is 0 Å². The number of hydrogen-bond donors (Lipinski definition) is 1. The minimum Gasteiger partial charge on any atom is -0.414 e. The van der Waals surface area contributed by atoms with Crippen molar-refractivity contribution in [3.05, 3.63) is 18.5 Å². The zero-order valence-electron chi connectivity index (χ0n) is 12.4. The van der Waals surface area contributed by atoms with Gasteiger partial charge in [-0.3, -0.25) is 9.69 Å². The van der Waals surface area contributed by atoms with Gasteiger partial charge in [-0.1, -0.05) is 24.8 Å². The Balaban J connectivity index is 2.63. The van der Waals surface area contributed by atoms with Crippen LogP contribution in [-0.2, 0) is 4.79 Å². The Hall–Kier alpha value is -1.34. The van der Waals surface area contributed by atoms with Crippen molar-refractivity contribution in [1.82, 2.24) is 20.4 Å². The van der Waals surface area contributed by atoms with Crippen LogP contribution in [-0.4, -0.2) is 46.9 Å². The Morgan fingerprint density at radius 1 is 1.55 bits per heavy atom. The van der Waals surface area contributed by atoms with Gasteiger partial charge in [0.25, 0.3) is 5.22 Å². The molecule has 0 spiro atoms. The molecule has 1 heterocycles. The molecule has 112 valence electrons. The summed E-state index contributed by atoms with van der Waals surface area (Å²) >= 11 is 1.26. The second kappa shape index (κ2) is 8.06. The molecule has 0 bridgehead atoms. The number of carbonyl (C=O) groups is 1. The van der Waals surface area contributed by atoms with E-state index in [1.54, 1.807) is 13.0 Å². The van der Waals surface area contributed by atoms with Gasteiger partial charge >= 0.3 is 0 Å². The molecule has 0 aromatic carbocycles. The number of nitrogens with one attached hydrogen (secondary N) is 1. The van der Waals surface area contributed by atoms with E-state index in [0.717, 1.165) is 6.42 Å². The number of thioether (sulfide) groups is 1. The maximum absolute atomic E-state index is 11.7. The van der Waals surface area contributed by atoms with Crippen molar-refractivity contribution in [2.24, 2.45) is 0 Å². The topological polar surface area (TPSA) is 71.3 Å². The Morgan fingerprint density at radius 3 is 2.80 bits per heavy atom. The molecule has 0 aliphatic heterocycles. The smallest absolute Gasteiger partial charge is 0.277 e. The molecule has 1 rings (SSSR count). The van der Waals surface area contributed by atoms with Crippen molar-refractivity contribution >= 4 is 17.7 Å². The largest absolute Gasteiger partial charge is 0.414 e. The van der Waals surface area contributed by atoms with Gasteiger partial charge in [0.1, 0.15) is 0 Å². The van der Waals surface area contributed by atoms with Crippen molar-refractivity contribution in [3.8, 4) is 0 Å². The first-order valence-electron chi connectivity index (χ1n) is 6.54. The lowest BCUT2D eigenvalue weighted by Crippen LogP contribution is -2.30. The molecule has 0 saturated heterocycles. The fourth-order valence-electron chi connectivity index (χ4n) is 1.68. The molecule has 0 unspecified atom stereocenters. The summed E-state index contributed by atoms with van der Waals surface area (Å²) in [5.41, 5.74) is 0. The van der Waals surface area contributed by atoms with Crippen LogP contribution in [0.2, 0.25) is 0 Å². The second-order valence-electron chi connectivity index (χ2n) is 4.59. The molecule has 0 aliphatic rings. The van der Waals surface area contributed by atoms with E-state index in [1.807, 2.05) is 19.0 Å². The summed E-state index contributed by atoms with van der Waals surface area (Å²) in [5.74, 6) is 0.507. The van der Waals surface area contributed by atoms with E-state index in [2.05, 4.69) is 29.0 Å². The summed E-state index contributed by atoms with van der Waals surface area (Å²) in [6.45, 7) is 7.88. The molecule has 6 nitrogen and oxygen atoms in total. The van der Waals surface area contributed by atoms with Crippen LogP contribution in [0, 0.1) is 0 Å². The van der Waals surface area contributed by atoms with E-state index < -0.39 is 0 Å². The zero-order chi connectivity index (χ0) is 15.1. The highest BCUT2D eigenvalue weighted by molar-refractivity contribution is 8.00. The molecule has 20 heavy (non-hydrogen) atoms. The van der Waals surface area contributed by atoms with E-state index in [1.165, 1.54) is 11.8 Å². The molecule has 0 saturated carbocycles. The van der Waals surface area contributed by atoms with Crippen LogP contribution in [0.15, 0.2) is 22.3 Å². The molecule has 7 heteroatoms. The SMILES string of the molecule is C=CCNC(=O)[C@@H](C)Sc1nnc([C@H](CC)N(C)C)o1. The number of amides is 1. The minimum atomic E-state index is -0.289. The highest BCUT2D eigenvalue weighted by Gasteiger charge is 2.22. The summed E-state index contributed by atoms with van der Waals surface area (Å²) in [7, 11) is 3.94. The van der Waals surface area contributed by atoms with Gasteiger partial charge in [-0.05, 0) is 27.4 Å². The third-order valence-corrected chi connectivity index (χ3v) is 3.72. The van der Waals surface area contributed by atoms with Gasteiger partial charge in [-0.25, -0.2) is 0 Å². The van der Waals surface area contributed by atoms with E-state index in [9.17, 15) is 4.79 Å². The highest BCUT2D eigenvalue weighted by atomic mass is 32.2. The number of nitrogens with zero attached hydrogens (tertiary/aromatic N) is 3. The van der Waals surface area contributed by atoms with Gasteiger partial charge in [0.15, 0.2) is 0 Å². The van der Waals surface area contributed by atoms with Crippen LogP contribution in [0.1, 0.15) is 32.2 Å². The Kier molecular flexibility index (Phi) is 6.74. The van der Waals surface area contributed by atoms with Crippen molar-refractivity contribution in [2.75, 3.05) is 20.6 Å². The second-order valence-corrected chi connectivity index (χ2v) is 5.88. The average Bonchev–Trinajstić information content (AvgIpc) is 2.84. The highest BCUT2D eigenvalue weighted by Crippen LogP contribution is 2.26. The first-order chi connectivity index (χ1) is 9.49. The first kappa shape index (κ1) is 16.7. The van der Waals surface area contributed by atoms with Crippen LogP contribution in [0.3, 0.4) is 0 Å². The molecule has 0 fully saturated rings. The minimum absolute atomic E-state index is 0.0747. The lowest BCUT2D eigenvalue weighted by atomic mass is 10.2. The van der Waals surface area contributed by atoms with Gasteiger partial charge in [-0.2, -0.15) is 0 Å². The van der Waals surface area contributed by atoms with Crippen LogP contribution >= 0.6 is 11.8 Å². The lowest BCUT2D eigenvalue weighted by molar-refractivity contribution is -0.120. The van der Waals surface area contributed by atoms with E-state index in [4.69, 9.17) is 4.42 Å². The Bertz CT molecular complexity index is 447. The van der Waals surface area contributed by atoms with Crippen LogP contribution in [0.4, 0.5) is 0 Å². The van der Waals surface area contributed by atoms with Gasteiger partial charge < -0.3 is 9.73 Å². The summed E-state index contributed by atoms with van der Waals surface area (Å²) in [4.78, 5) is 13.8. The maximum atomic E-state index is 11.7. The Labute approximate surface area is 124 Å². The third kappa shape index (κ3) is 4.64. The van der Waals surface area contributed by atoms with Crippen LogP contribution in [0.25, 0.3) is 0 Å². The zero-order valence-corrected chi connectivity index (χ0v) is 13.2. The van der Waals surface area contributed by atoms with Crippen molar-refractivity contribution < 1.29 is 9.21 Å². The standard InChI is InChI=1S/C13H22N4O2S/c1-6-8-14-11(18)9(3)20-13-16-15-12(19-13)10(7-2)17(4)5/h6,9-10H,1,7-8H2,2-5H3,(H,14,18)/t9-,10+/m1/s1. The average molecular weight is 298 g/mol. The predicted molar refractivity (Wildman–Crippen MR) is 79.5 cm³/mol. The maximum Gasteiger partial charge on any atom is 0.277 e. The number of rotatable bonds is 8. The quantitative estimate of drug-likeness (QED) is 0.583. The van der Waals surface area contributed by atoms with E-state index in [-0.39, 0.29) is 17.2 Å². The van der Waals surface area contributed by atoms with E-state index >= 15 is 0 Å². The summed E-state index contributed by atoms with van der Waals surface area (Å²) in [6.07, 6.45) is 2.53. The van der Waals surface area contributed by atoms with Gasteiger partial charge in [0, 0.05) is 6.54 Å². The molecule has 2 atom stereocenters. The van der Waals surface area contributed by atoms with Gasteiger partial charge in [0.05, 0.1) is 11.3 Å². The molecule has 0 radical (unpaired) electrons. The molecular weight excluding hydrogens is 276 g/mol. The molecule has 1 N–H and O–H groups in total. The van der Waals surface area contributed by atoms with Gasteiger partial charge in [-0.15, -0.1) is 16.8 Å². The molecule has 1 amide bonds. The third-order valence-electron chi connectivity index (χ3n) is 2.78. The fourth-order valence-corrected chi connectivity index (χ4v) is 2.40. The van der Waals surface area contributed by atoms with Gasteiger partial charge in [0.2, 0.25) is 11.8 Å². The lowest BCUT2D eigenvalue weighted by Gasteiger charge is -2.18. The number of aromatic nitrogens is 2. The summed E-state index contributed by atoms with van der Waals surface area (Å²) < 4.78 is 5.62. The molecular formula is C13H22N4O2S. The summed E-state index contributed by atoms with van der Waals surface area (Å²) in [6, 6.07) is 0.0988. The van der Waals surface area contributed by atoms with Crippen LogP contribution in [0.5, 0.6) is 0 Å². The van der Waals surface area contributed by atoms with Crippen molar-refractivity contribution in [2.45, 2.75) is 36.8 Å². The molecule has 1 aromatic rings. The predicted octanol–water partition coefficient (Wildman–Crippen LogP) is 1.87. The molecule has 1 aromatic heterocycles. The fraction of sp³-hybridized carbons (Fsp3) is 0.615. The number of carbonyl (C=O) groups excluding carboxylic acids is 1. The van der Waals surface area contributed by atoms with E-state index in [0.29, 0.717) is 17.7 Å². The first-order valence-corrected chi connectivity index (χ1v) is 7.42. The van der Waals surface area contributed by atoms with Crippen LogP contribution < -0.4 is 5.32 Å². The monoisotopic (exact) mass is 298 g/mol. The normalized spacial score (nSPS) is 14.1. The number of hydrogen-bond acceptors (Lipinski definition) is 6. The molecule has 0 aliphatic carbocycles. The Morgan fingerprint density at radius 2 is 2.25 bits per heavy atom.